The zero-order chi connectivity index (χ0) is 19.3. The molecule has 0 aliphatic heterocycles. The van der Waals surface area contributed by atoms with Crippen molar-refractivity contribution in [2.24, 2.45) is 7.05 Å². The van der Waals surface area contributed by atoms with Gasteiger partial charge in [-0.15, -0.1) is 0 Å². The van der Waals surface area contributed by atoms with E-state index in [2.05, 4.69) is 19.7 Å². The molecule has 0 bridgehead atoms. The maximum absolute atomic E-state index is 5.94. The Hall–Kier alpha value is -3.14. The van der Waals surface area contributed by atoms with E-state index in [1.807, 2.05) is 42.8 Å². The Morgan fingerprint density at radius 3 is 2.31 bits per heavy atom. The maximum atomic E-state index is 5.94. The predicted molar refractivity (Wildman–Crippen MR) is 110 cm³/mol. The standard InChI is InChI=1S/C22H25NO3/c1-8-11-18-16(9-2)22(25-7)19(23(18)5)14-21-15(4)17(12-13-24-6)20(10-3)26-21/h8-14H,2-4H2,1,5-7H3/b11-8-,13-12-,21-14+. The van der Waals surface area contributed by atoms with Gasteiger partial charge in [-0.2, -0.15) is 0 Å². The normalized spacial score (nSPS) is 12.2. The minimum atomic E-state index is 0.636. The molecular weight excluding hydrogens is 326 g/mol. The van der Waals surface area contributed by atoms with Crippen LogP contribution in [0.15, 0.2) is 29.9 Å². The molecule has 0 unspecified atom stereocenters. The summed E-state index contributed by atoms with van der Waals surface area (Å²) in [6, 6.07) is 0. The summed E-state index contributed by atoms with van der Waals surface area (Å²) in [4.78, 5) is 0. The Morgan fingerprint density at radius 1 is 1.04 bits per heavy atom. The van der Waals surface area contributed by atoms with Crippen molar-refractivity contribution in [3.8, 4) is 5.75 Å². The van der Waals surface area contributed by atoms with E-state index in [9.17, 15) is 0 Å². The number of aromatic nitrogens is 1. The van der Waals surface area contributed by atoms with E-state index in [4.69, 9.17) is 13.9 Å². The smallest absolute Gasteiger partial charge is 0.151 e. The van der Waals surface area contributed by atoms with Crippen molar-refractivity contribution >= 4 is 37.0 Å². The molecule has 136 valence electrons. The summed E-state index contributed by atoms with van der Waals surface area (Å²) in [5.74, 6) is 1.38. The van der Waals surface area contributed by atoms with Crippen molar-refractivity contribution in [3.63, 3.8) is 0 Å². The third-order valence-corrected chi connectivity index (χ3v) is 4.14. The van der Waals surface area contributed by atoms with Crippen molar-refractivity contribution < 1.29 is 13.9 Å². The average Bonchev–Trinajstić information content (AvgIpc) is 3.08. The molecule has 0 N–H and O–H groups in total. The van der Waals surface area contributed by atoms with Gasteiger partial charge >= 0.3 is 0 Å². The van der Waals surface area contributed by atoms with E-state index in [1.54, 1.807) is 32.6 Å². The highest BCUT2D eigenvalue weighted by molar-refractivity contribution is 5.75. The number of furan rings is 1. The first kappa shape index (κ1) is 19.2. The van der Waals surface area contributed by atoms with E-state index >= 15 is 0 Å². The van der Waals surface area contributed by atoms with Gasteiger partial charge in [0.05, 0.1) is 31.9 Å². The second-order valence-corrected chi connectivity index (χ2v) is 5.59. The molecular formula is C22H25NO3. The molecule has 26 heavy (non-hydrogen) atoms. The van der Waals surface area contributed by atoms with Crippen molar-refractivity contribution in [2.75, 3.05) is 14.2 Å². The van der Waals surface area contributed by atoms with Crippen LogP contribution in [0.25, 0.3) is 37.0 Å². The summed E-state index contributed by atoms with van der Waals surface area (Å²) in [5.41, 5.74) is 4.27. The molecule has 4 heteroatoms. The summed E-state index contributed by atoms with van der Waals surface area (Å²) in [6.07, 6.45) is 12.8. The molecule has 0 saturated heterocycles. The van der Waals surface area contributed by atoms with Gasteiger partial charge in [0, 0.05) is 29.5 Å². The Kier molecular flexibility index (Phi) is 6.12. The highest BCUT2D eigenvalue weighted by atomic mass is 16.5. The third-order valence-electron chi connectivity index (χ3n) is 4.14. The Balaban J connectivity index is 2.81. The Morgan fingerprint density at radius 2 is 1.77 bits per heavy atom. The van der Waals surface area contributed by atoms with Gasteiger partial charge in [-0.1, -0.05) is 31.9 Å². The lowest BCUT2D eigenvalue weighted by Crippen LogP contribution is -2.20. The molecule has 0 saturated carbocycles. The number of methoxy groups -OCH3 is 2. The van der Waals surface area contributed by atoms with Crippen LogP contribution in [0, 0.1) is 0 Å². The fourth-order valence-corrected chi connectivity index (χ4v) is 2.88. The van der Waals surface area contributed by atoms with Gasteiger partial charge in [-0.05, 0) is 25.2 Å². The van der Waals surface area contributed by atoms with Gasteiger partial charge in [0.15, 0.2) is 5.75 Å². The minimum absolute atomic E-state index is 0.636. The summed E-state index contributed by atoms with van der Waals surface area (Å²) < 4.78 is 18.6. The van der Waals surface area contributed by atoms with Crippen LogP contribution in [-0.2, 0) is 11.8 Å². The van der Waals surface area contributed by atoms with Crippen LogP contribution >= 0.6 is 0 Å². The van der Waals surface area contributed by atoms with Gasteiger partial charge in [-0.3, -0.25) is 0 Å². The van der Waals surface area contributed by atoms with E-state index in [-0.39, 0.29) is 0 Å². The zero-order valence-electron chi connectivity index (χ0n) is 15.8. The van der Waals surface area contributed by atoms with Crippen LogP contribution in [0.5, 0.6) is 5.75 Å². The summed E-state index contributed by atoms with van der Waals surface area (Å²) >= 11 is 0. The lowest BCUT2D eigenvalue weighted by molar-refractivity contribution is 0.341. The quantitative estimate of drug-likeness (QED) is 0.712. The predicted octanol–water partition coefficient (Wildman–Crippen LogP) is 3.80. The molecule has 2 rings (SSSR count). The molecule has 0 aromatic carbocycles. The fourth-order valence-electron chi connectivity index (χ4n) is 2.88. The summed E-state index contributed by atoms with van der Waals surface area (Å²) in [6.45, 7) is 13.8. The summed E-state index contributed by atoms with van der Waals surface area (Å²) in [5, 5.41) is 0.754. The Labute approximate surface area is 154 Å². The largest absolute Gasteiger partial charge is 0.504 e. The SMILES string of the molecule is C=Cc1o/c(=C/c2c(OC)c(C=C)c(/C=C\C)n2C)c(=C)c1/C=C\OC. The number of nitrogens with zero attached hydrogens (tertiary/aromatic N) is 1. The van der Waals surface area contributed by atoms with Gasteiger partial charge in [0.2, 0.25) is 0 Å². The van der Waals surface area contributed by atoms with Crippen molar-refractivity contribution in [1.82, 2.24) is 4.57 Å². The molecule has 0 fully saturated rings. The van der Waals surface area contributed by atoms with Crippen LogP contribution in [-0.4, -0.2) is 18.8 Å². The van der Waals surface area contributed by atoms with Crippen LogP contribution in [0.1, 0.15) is 35.2 Å². The van der Waals surface area contributed by atoms with Crippen LogP contribution in [0.3, 0.4) is 0 Å². The third kappa shape index (κ3) is 3.31. The molecule has 0 atom stereocenters. The summed E-state index contributed by atoms with van der Waals surface area (Å²) in [7, 11) is 5.21. The first-order chi connectivity index (χ1) is 12.5. The number of hydrogen-bond donors (Lipinski definition) is 0. The monoisotopic (exact) mass is 351 g/mol. The molecule has 4 nitrogen and oxygen atoms in total. The second-order valence-electron chi connectivity index (χ2n) is 5.59. The van der Waals surface area contributed by atoms with E-state index in [0.29, 0.717) is 11.2 Å². The van der Waals surface area contributed by atoms with Gasteiger partial charge in [-0.25, -0.2) is 0 Å². The first-order valence-electron chi connectivity index (χ1n) is 8.21. The highest BCUT2D eigenvalue weighted by Crippen LogP contribution is 2.32. The zero-order valence-corrected chi connectivity index (χ0v) is 15.8. The molecule has 0 aliphatic carbocycles. The first-order valence-corrected chi connectivity index (χ1v) is 8.21. The second kappa shape index (κ2) is 8.30. The lowest BCUT2D eigenvalue weighted by atomic mass is 10.2. The highest BCUT2D eigenvalue weighted by Gasteiger charge is 2.17. The van der Waals surface area contributed by atoms with Crippen molar-refractivity contribution in [1.29, 1.82) is 0 Å². The number of hydrogen-bond acceptors (Lipinski definition) is 3. The number of allylic oxidation sites excluding steroid dienone is 1. The molecule has 0 radical (unpaired) electrons. The molecule has 0 spiro atoms. The van der Waals surface area contributed by atoms with Gasteiger partial charge < -0.3 is 18.5 Å². The lowest BCUT2D eigenvalue weighted by Gasteiger charge is -2.01. The maximum Gasteiger partial charge on any atom is 0.151 e. The molecule has 0 amide bonds. The molecule has 2 aromatic rings. The number of rotatable bonds is 7. The average molecular weight is 351 g/mol. The molecule has 2 aromatic heterocycles. The van der Waals surface area contributed by atoms with E-state index in [1.165, 1.54) is 0 Å². The minimum Gasteiger partial charge on any atom is -0.504 e. The molecule has 2 heterocycles. The van der Waals surface area contributed by atoms with Gasteiger partial charge in [0.25, 0.3) is 0 Å². The van der Waals surface area contributed by atoms with E-state index in [0.717, 1.165) is 33.5 Å². The number of ether oxygens (including phenoxy) is 2. The van der Waals surface area contributed by atoms with Crippen LogP contribution in [0.4, 0.5) is 0 Å². The van der Waals surface area contributed by atoms with Crippen molar-refractivity contribution in [2.45, 2.75) is 6.92 Å². The van der Waals surface area contributed by atoms with Gasteiger partial charge in [0.1, 0.15) is 11.2 Å². The molecule has 0 aliphatic rings. The fraction of sp³-hybridized carbons (Fsp3) is 0.182. The topological polar surface area (TPSA) is 36.5 Å². The van der Waals surface area contributed by atoms with Crippen molar-refractivity contribution in [3.05, 3.63) is 64.4 Å². The van der Waals surface area contributed by atoms with Crippen LogP contribution < -0.4 is 15.4 Å². The Bertz CT molecular complexity index is 984. The van der Waals surface area contributed by atoms with Crippen LogP contribution in [0.2, 0.25) is 0 Å². The van der Waals surface area contributed by atoms with E-state index < -0.39 is 0 Å².